The Morgan fingerprint density at radius 3 is 2.77 bits per heavy atom. The van der Waals surface area contributed by atoms with Gasteiger partial charge in [0.25, 0.3) is 5.91 Å². The molecule has 4 heteroatoms. The Kier molecular flexibility index (Phi) is 3.14. The number of halogens is 1. The lowest BCUT2D eigenvalue weighted by Crippen LogP contribution is -2.17. The zero-order chi connectivity index (χ0) is 9.84. The summed E-state index contributed by atoms with van der Waals surface area (Å²) >= 11 is 5.55. The molecular formula is C9H10ClNO2. The number of alkyl halides is 1. The van der Waals surface area contributed by atoms with Crippen LogP contribution in [0.15, 0.2) is 18.2 Å². The van der Waals surface area contributed by atoms with Gasteiger partial charge in [-0.25, -0.2) is 0 Å². The summed E-state index contributed by atoms with van der Waals surface area (Å²) in [5.74, 6) is -0.0298. The minimum Gasteiger partial charge on any atom is -0.507 e. The lowest BCUT2D eigenvalue weighted by atomic mass is 10.1. The van der Waals surface area contributed by atoms with Gasteiger partial charge in [0.1, 0.15) is 5.75 Å². The Morgan fingerprint density at radius 2 is 2.31 bits per heavy atom. The molecular weight excluding hydrogens is 190 g/mol. The molecule has 1 rings (SSSR count). The number of nitrogens with one attached hydrogen (secondary N) is 1. The monoisotopic (exact) mass is 199 g/mol. The van der Waals surface area contributed by atoms with E-state index in [0.29, 0.717) is 5.88 Å². The van der Waals surface area contributed by atoms with Crippen LogP contribution in [0.2, 0.25) is 0 Å². The Balaban J connectivity index is 3.05. The van der Waals surface area contributed by atoms with Gasteiger partial charge in [-0.3, -0.25) is 4.79 Å². The molecule has 1 aromatic carbocycles. The number of carbonyl (C=O) groups excluding carboxylic acids is 1. The number of phenols is 1. The fraction of sp³-hybridized carbons (Fsp3) is 0.222. The highest BCUT2D eigenvalue weighted by Crippen LogP contribution is 2.19. The van der Waals surface area contributed by atoms with Crippen molar-refractivity contribution in [3.05, 3.63) is 29.3 Å². The molecule has 0 saturated carbocycles. The summed E-state index contributed by atoms with van der Waals surface area (Å²) in [7, 11) is 1.51. The van der Waals surface area contributed by atoms with Crippen LogP contribution in [-0.2, 0) is 5.88 Å². The predicted octanol–water partition coefficient (Wildman–Crippen LogP) is 1.49. The first-order valence-corrected chi connectivity index (χ1v) is 4.32. The van der Waals surface area contributed by atoms with Crippen molar-refractivity contribution in [2.45, 2.75) is 5.88 Å². The van der Waals surface area contributed by atoms with E-state index in [1.807, 2.05) is 0 Å². The van der Waals surface area contributed by atoms with Gasteiger partial charge in [0.15, 0.2) is 0 Å². The third-order valence-electron chi connectivity index (χ3n) is 1.69. The Morgan fingerprint density at radius 1 is 1.62 bits per heavy atom. The normalized spacial score (nSPS) is 9.69. The molecule has 1 aromatic rings. The van der Waals surface area contributed by atoms with Crippen LogP contribution in [0.1, 0.15) is 15.9 Å². The number of carbonyl (C=O) groups is 1. The average Bonchev–Trinajstić information content (AvgIpc) is 2.16. The number of amides is 1. The highest BCUT2D eigenvalue weighted by molar-refractivity contribution is 6.17. The Bertz CT molecular complexity index is 325. The molecule has 0 heterocycles. The van der Waals surface area contributed by atoms with Crippen molar-refractivity contribution in [3.63, 3.8) is 0 Å². The minimum atomic E-state index is -0.307. The van der Waals surface area contributed by atoms with Crippen LogP contribution >= 0.6 is 11.6 Å². The first-order chi connectivity index (χ1) is 6.19. The second-order valence-electron chi connectivity index (χ2n) is 2.56. The summed E-state index contributed by atoms with van der Waals surface area (Å²) in [6.07, 6.45) is 0. The maximum atomic E-state index is 11.1. The molecule has 3 nitrogen and oxygen atoms in total. The lowest BCUT2D eigenvalue weighted by Gasteiger charge is -2.03. The fourth-order valence-corrected chi connectivity index (χ4v) is 1.15. The molecule has 0 aliphatic carbocycles. The van der Waals surface area contributed by atoms with Crippen LogP contribution in [0.4, 0.5) is 0 Å². The zero-order valence-corrected chi connectivity index (χ0v) is 7.93. The highest BCUT2D eigenvalue weighted by atomic mass is 35.5. The molecule has 13 heavy (non-hydrogen) atoms. The van der Waals surface area contributed by atoms with Crippen molar-refractivity contribution in [1.29, 1.82) is 0 Å². The largest absolute Gasteiger partial charge is 0.507 e. The molecule has 0 radical (unpaired) electrons. The average molecular weight is 200 g/mol. The van der Waals surface area contributed by atoms with E-state index in [2.05, 4.69) is 5.32 Å². The molecule has 0 saturated heterocycles. The second-order valence-corrected chi connectivity index (χ2v) is 2.83. The van der Waals surface area contributed by atoms with Gasteiger partial charge in [0, 0.05) is 12.9 Å². The van der Waals surface area contributed by atoms with E-state index in [0.717, 1.165) is 5.56 Å². The van der Waals surface area contributed by atoms with E-state index < -0.39 is 0 Å². The van der Waals surface area contributed by atoms with Gasteiger partial charge in [0.05, 0.1) is 5.56 Å². The van der Waals surface area contributed by atoms with Crippen molar-refractivity contribution in [2.75, 3.05) is 7.05 Å². The maximum Gasteiger partial charge on any atom is 0.254 e. The smallest absolute Gasteiger partial charge is 0.254 e. The molecule has 0 aliphatic heterocycles. The standard InChI is InChI=1S/C9H10ClNO2/c1-11-9(13)7-3-2-6(5-10)4-8(7)12/h2-4,12H,5H2,1H3,(H,11,13). The summed E-state index contributed by atoms with van der Waals surface area (Å²) in [6.45, 7) is 0. The summed E-state index contributed by atoms with van der Waals surface area (Å²) in [4.78, 5) is 11.1. The number of benzene rings is 1. The van der Waals surface area contributed by atoms with Gasteiger partial charge in [-0.15, -0.1) is 11.6 Å². The molecule has 0 atom stereocenters. The number of aromatic hydroxyl groups is 1. The van der Waals surface area contributed by atoms with Gasteiger partial charge in [0.2, 0.25) is 0 Å². The summed E-state index contributed by atoms with van der Waals surface area (Å²) < 4.78 is 0. The van der Waals surface area contributed by atoms with Gasteiger partial charge < -0.3 is 10.4 Å². The van der Waals surface area contributed by atoms with E-state index in [1.54, 1.807) is 12.1 Å². The number of hydrogen-bond acceptors (Lipinski definition) is 2. The molecule has 0 unspecified atom stereocenters. The van der Waals surface area contributed by atoms with E-state index >= 15 is 0 Å². The maximum absolute atomic E-state index is 11.1. The molecule has 0 aliphatic rings. The summed E-state index contributed by atoms with van der Waals surface area (Å²) in [5, 5.41) is 11.8. The second kappa shape index (κ2) is 4.14. The minimum absolute atomic E-state index is 0.0440. The summed E-state index contributed by atoms with van der Waals surface area (Å²) in [5.41, 5.74) is 1.04. The van der Waals surface area contributed by atoms with Gasteiger partial charge >= 0.3 is 0 Å². The van der Waals surface area contributed by atoms with Gasteiger partial charge in [-0.2, -0.15) is 0 Å². The molecule has 0 fully saturated rings. The summed E-state index contributed by atoms with van der Waals surface area (Å²) in [6, 6.07) is 4.74. The number of rotatable bonds is 2. The molecule has 0 bridgehead atoms. The van der Waals surface area contributed by atoms with E-state index in [-0.39, 0.29) is 17.2 Å². The zero-order valence-electron chi connectivity index (χ0n) is 7.17. The van der Waals surface area contributed by atoms with Crippen molar-refractivity contribution >= 4 is 17.5 Å². The highest BCUT2D eigenvalue weighted by Gasteiger charge is 2.08. The van der Waals surface area contributed by atoms with Crippen molar-refractivity contribution in [3.8, 4) is 5.75 Å². The number of phenolic OH excluding ortho intramolecular Hbond substituents is 1. The first kappa shape index (κ1) is 9.86. The van der Waals surface area contributed by atoms with Crippen molar-refractivity contribution in [1.82, 2.24) is 5.32 Å². The van der Waals surface area contributed by atoms with Crippen LogP contribution in [-0.4, -0.2) is 18.1 Å². The molecule has 70 valence electrons. The van der Waals surface area contributed by atoms with Crippen LogP contribution in [0.25, 0.3) is 0 Å². The molecule has 0 spiro atoms. The van der Waals surface area contributed by atoms with Crippen molar-refractivity contribution < 1.29 is 9.90 Å². The van der Waals surface area contributed by atoms with Crippen LogP contribution in [0.5, 0.6) is 5.75 Å². The van der Waals surface area contributed by atoms with E-state index in [9.17, 15) is 9.90 Å². The molecule has 0 aromatic heterocycles. The lowest BCUT2D eigenvalue weighted by molar-refractivity contribution is 0.0960. The topological polar surface area (TPSA) is 49.3 Å². The van der Waals surface area contributed by atoms with Crippen LogP contribution < -0.4 is 5.32 Å². The van der Waals surface area contributed by atoms with E-state index in [4.69, 9.17) is 11.6 Å². The third kappa shape index (κ3) is 2.12. The van der Waals surface area contributed by atoms with Gasteiger partial charge in [-0.05, 0) is 17.7 Å². The third-order valence-corrected chi connectivity index (χ3v) is 2.00. The first-order valence-electron chi connectivity index (χ1n) is 3.79. The quantitative estimate of drug-likeness (QED) is 0.710. The Labute approximate surface area is 81.3 Å². The van der Waals surface area contributed by atoms with E-state index in [1.165, 1.54) is 13.1 Å². The van der Waals surface area contributed by atoms with Crippen molar-refractivity contribution in [2.24, 2.45) is 0 Å². The fourth-order valence-electron chi connectivity index (χ4n) is 0.987. The molecule has 2 N–H and O–H groups in total. The number of hydrogen-bond donors (Lipinski definition) is 2. The molecule has 1 amide bonds. The Hall–Kier alpha value is -1.22. The van der Waals surface area contributed by atoms with Crippen LogP contribution in [0, 0.1) is 0 Å². The SMILES string of the molecule is CNC(=O)c1ccc(CCl)cc1O. The van der Waals surface area contributed by atoms with Gasteiger partial charge in [-0.1, -0.05) is 6.07 Å². The predicted molar refractivity (Wildman–Crippen MR) is 51.1 cm³/mol. The van der Waals surface area contributed by atoms with Crippen LogP contribution in [0.3, 0.4) is 0 Å².